The van der Waals surface area contributed by atoms with Crippen LogP contribution in [0.2, 0.25) is 0 Å². The van der Waals surface area contributed by atoms with Gasteiger partial charge < -0.3 is 9.72 Å². The minimum absolute atomic E-state index is 0.282. The molecule has 1 aromatic heterocycles. The first-order valence-electron chi connectivity index (χ1n) is 4.77. The van der Waals surface area contributed by atoms with Crippen LogP contribution < -0.4 is 0 Å². The second-order valence-electron chi connectivity index (χ2n) is 3.44. The van der Waals surface area contributed by atoms with Crippen molar-refractivity contribution in [2.24, 2.45) is 0 Å². The molecule has 2 rings (SSSR count). The first-order valence-corrected chi connectivity index (χ1v) is 5.91. The van der Waals surface area contributed by atoms with Crippen molar-refractivity contribution < 1.29 is 9.53 Å². The number of hydrogen-bond donors (Lipinski definition) is 1. The van der Waals surface area contributed by atoms with Crippen molar-refractivity contribution in [3.05, 3.63) is 36.0 Å². The maximum absolute atomic E-state index is 11.7. The van der Waals surface area contributed by atoms with E-state index in [9.17, 15) is 4.79 Å². The highest BCUT2D eigenvalue weighted by Gasteiger charge is 2.23. The molecule has 0 amide bonds. The molecule has 0 aliphatic rings. The highest BCUT2D eigenvalue weighted by molar-refractivity contribution is 6.67. The van der Waals surface area contributed by atoms with Crippen molar-refractivity contribution in [3.63, 3.8) is 0 Å². The van der Waals surface area contributed by atoms with Gasteiger partial charge in [0.2, 0.25) is 3.79 Å². The van der Waals surface area contributed by atoms with Crippen molar-refractivity contribution in [1.82, 2.24) is 4.98 Å². The molecule has 17 heavy (non-hydrogen) atoms. The molecule has 1 heterocycles. The van der Waals surface area contributed by atoms with E-state index in [2.05, 4.69) is 4.98 Å². The Kier molecular flexibility index (Phi) is 3.52. The van der Waals surface area contributed by atoms with Gasteiger partial charge in [-0.05, 0) is 6.07 Å². The summed E-state index contributed by atoms with van der Waals surface area (Å²) in [5, 5.41) is 0.779. The molecule has 0 fully saturated rings. The van der Waals surface area contributed by atoms with Crippen LogP contribution >= 0.6 is 34.8 Å². The average Bonchev–Trinajstić information content (AvgIpc) is 2.68. The Labute approximate surface area is 113 Å². The molecule has 0 saturated heterocycles. The maximum Gasteiger partial charge on any atom is 0.340 e. The van der Waals surface area contributed by atoms with E-state index in [1.807, 2.05) is 24.3 Å². The third-order valence-electron chi connectivity index (χ3n) is 2.18. The fraction of sp³-hybridized carbons (Fsp3) is 0.182. The SMILES string of the molecule is O=C(OCC(Cl)(Cl)Cl)c1c[nH]c2ccccc12. The highest BCUT2D eigenvalue weighted by Crippen LogP contribution is 2.27. The summed E-state index contributed by atoms with van der Waals surface area (Å²) in [6.45, 7) is -0.282. The second kappa shape index (κ2) is 4.77. The molecule has 3 nitrogen and oxygen atoms in total. The third-order valence-corrected chi connectivity index (χ3v) is 2.50. The first-order chi connectivity index (χ1) is 7.97. The Morgan fingerprint density at radius 2 is 2.00 bits per heavy atom. The third kappa shape index (κ3) is 3.06. The van der Waals surface area contributed by atoms with Gasteiger partial charge >= 0.3 is 5.97 Å². The lowest BCUT2D eigenvalue weighted by Gasteiger charge is -2.10. The number of alkyl halides is 3. The summed E-state index contributed by atoms with van der Waals surface area (Å²) in [6, 6.07) is 7.38. The summed E-state index contributed by atoms with van der Waals surface area (Å²) in [6.07, 6.45) is 1.57. The molecule has 0 atom stereocenters. The van der Waals surface area contributed by atoms with Gasteiger partial charge in [0.15, 0.2) is 0 Å². The number of hydrogen-bond acceptors (Lipinski definition) is 2. The summed E-state index contributed by atoms with van der Waals surface area (Å²) in [5.74, 6) is -0.520. The highest BCUT2D eigenvalue weighted by atomic mass is 35.6. The summed E-state index contributed by atoms with van der Waals surface area (Å²) < 4.78 is 3.31. The van der Waals surface area contributed by atoms with Crippen LogP contribution in [0.5, 0.6) is 0 Å². The number of halogens is 3. The lowest BCUT2D eigenvalue weighted by Crippen LogP contribution is -2.17. The first kappa shape index (κ1) is 12.6. The van der Waals surface area contributed by atoms with Crippen molar-refractivity contribution in [1.29, 1.82) is 0 Å². The van der Waals surface area contributed by atoms with Gasteiger partial charge in [-0.3, -0.25) is 0 Å². The van der Waals surface area contributed by atoms with Crippen LogP contribution in [-0.4, -0.2) is 21.4 Å². The number of aromatic nitrogens is 1. The fourth-order valence-corrected chi connectivity index (χ4v) is 1.63. The van der Waals surface area contributed by atoms with Crippen LogP contribution in [-0.2, 0) is 4.74 Å². The molecular weight excluding hydrogens is 284 g/mol. The lowest BCUT2D eigenvalue weighted by atomic mass is 10.2. The van der Waals surface area contributed by atoms with Gasteiger partial charge in [0, 0.05) is 17.1 Å². The molecule has 0 aliphatic carbocycles. The topological polar surface area (TPSA) is 42.1 Å². The van der Waals surface area contributed by atoms with E-state index in [4.69, 9.17) is 39.5 Å². The molecule has 1 N–H and O–H groups in total. The van der Waals surface area contributed by atoms with E-state index >= 15 is 0 Å². The number of carbonyl (C=O) groups excluding carboxylic acids is 1. The normalized spacial score (nSPS) is 11.7. The Bertz CT molecular complexity index is 545. The Balaban J connectivity index is 2.20. The van der Waals surface area contributed by atoms with Crippen LogP contribution in [0, 0.1) is 0 Å². The lowest BCUT2D eigenvalue weighted by molar-refractivity contribution is 0.0514. The molecule has 0 spiro atoms. The number of fused-ring (bicyclic) bond motifs is 1. The van der Waals surface area contributed by atoms with Gasteiger partial charge in [-0.2, -0.15) is 0 Å². The van der Waals surface area contributed by atoms with Gasteiger partial charge in [0.1, 0.15) is 6.61 Å². The zero-order valence-corrected chi connectivity index (χ0v) is 10.8. The van der Waals surface area contributed by atoms with Crippen molar-refractivity contribution in [2.45, 2.75) is 3.79 Å². The Morgan fingerprint density at radius 3 is 2.71 bits per heavy atom. The van der Waals surface area contributed by atoms with Crippen LogP contribution in [0.4, 0.5) is 0 Å². The fourth-order valence-electron chi connectivity index (χ4n) is 1.47. The van der Waals surface area contributed by atoms with Crippen molar-refractivity contribution in [2.75, 3.05) is 6.61 Å². The van der Waals surface area contributed by atoms with Gasteiger partial charge in [-0.25, -0.2) is 4.79 Å². The Hall–Kier alpha value is -0.900. The molecule has 0 saturated carbocycles. The van der Waals surface area contributed by atoms with Crippen molar-refractivity contribution >= 4 is 51.7 Å². The molecule has 0 aliphatic heterocycles. The van der Waals surface area contributed by atoms with E-state index in [1.54, 1.807) is 6.20 Å². The van der Waals surface area contributed by atoms with Gasteiger partial charge in [0.25, 0.3) is 0 Å². The minimum Gasteiger partial charge on any atom is -0.457 e. The number of H-pyrrole nitrogens is 1. The van der Waals surface area contributed by atoms with E-state index in [-0.39, 0.29) is 6.61 Å². The van der Waals surface area contributed by atoms with Crippen LogP contribution in [0.3, 0.4) is 0 Å². The number of ether oxygens (including phenoxy) is 1. The molecule has 6 heteroatoms. The number of carbonyl (C=O) groups is 1. The zero-order valence-electron chi connectivity index (χ0n) is 8.54. The van der Waals surface area contributed by atoms with Gasteiger partial charge in [0.05, 0.1) is 5.56 Å². The standard InChI is InChI=1S/C11H8Cl3NO2/c12-11(13,14)6-17-10(16)8-5-15-9-4-2-1-3-7(8)9/h1-5,15H,6H2. The molecule has 0 bridgehead atoms. The van der Waals surface area contributed by atoms with Gasteiger partial charge in [-0.15, -0.1) is 0 Å². The molecule has 0 radical (unpaired) electrons. The summed E-state index contributed by atoms with van der Waals surface area (Å²) in [7, 11) is 0. The smallest absolute Gasteiger partial charge is 0.340 e. The van der Waals surface area contributed by atoms with Crippen LogP contribution in [0.15, 0.2) is 30.5 Å². The number of aromatic amines is 1. The van der Waals surface area contributed by atoms with E-state index < -0.39 is 9.76 Å². The molecule has 90 valence electrons. The monoisotopic (exact) mass is 291 g/mol. The van der Waals surface area contributed by atoms with Crippen molar-refractivity contribution in [3.8, 4) is 0 Å². The molecule has 2 aromatic rings. The number of rotatable bonds is 2. The summed E-state index contributed by atoms with van der Waals surface area (Å²) >= 11 is 16.5. The van der Waals surface area contributed by atoms with Crippen LogP contribution in [0.25, 0.3) is 10.9 Å². The Morgan fingerprint density at radius 1 is 1.29 bits per heavy atom. The number of para-hydroxylation sites is 1. The quantitative estimate of drug-likeness (QED) is 0.677. The summed E-state index contributed by atoms with van der Waals surface area (Å²) in [5.41, 5.74) is 1.28. The molecular formula is C11H8Cl3NO2. The maximum atomic E-state index is 11.7. The number of benzene rings is 1. The van der Waals surface area contributed by atoms with E-state index in [0.29, 0.717) is 5.56 Å². The minimum atomic E-state index is -1.60. The van der Waals surface area contributed by atoms with Gasteiger partial charge in [-0.1, -0.05) is 53.0 Å². The zero-order chi connectivity index (χ0) is 12.5. The molecule has 1 aromatic carbocycles. The second-order valence-corrected chi connectivity index (χ2v) is 5.96. The van der Waals surface area contributed by atoms with E-state index in [0.717, 1.165) is 10.9 Å². The van der Waals surface area contributed by atoms with Crippen LogP contribution in [0.1, 0.15) is 10.4 Å². The number of nitrogens with one attached hydrogen (secondary N) is 1. The summed E-state index contributed by atoms with van der Waals surface area (Å²) in [4.78, 5) is 14.7. The van der Waals surface area contributed by atoms with E-state index in [1.165, 1.54) is 0 Å². The largest absolute Gasteiger partial charge is 0.457 e. The average molecular weight is 293 g/mol. The predicted octanol–water partition coefficient (Wildman–Crippen LogP) is 3.69. The number of esters is 1. The molecule has 0 unspecified atom stereocenters. The predicted molar refractivity (Wildman–Crippen MR) is 68.9 cm³/mol.